The predicted molar refractivity (Wildman–Crippen MR) is 65.6 cm³/mol. The molecule has 19 heavy (non-hydrogen) atoms. The molecule has 92 valence electrons. The second-order valence-electron chi connectivity index (χ2n) is 4.06. The number of nitriles is 1. The summed E-state index contributed by atoms with van der Waals surface area (Å²) in [4.78, 5) is 8.04. The van der Waals surface area contributed by atoms with Crippen molar-refractivity contribution in [1.82, 2.24) is 19.6 Å². The lowest BCUT2D eigenvalue weighted by Gasteiger charge is -2.08. The third kappa shape index (κ3) is 1.72. The van der Waals surface area contributed by atoms with Crippen molar-refractivity contribution >= 4 is 5.78 Å². The van der Waals surface area contributed by atoms with E-state index < -0.39 is 5.82 Å². The zero-order valence-electron chi connectivity index (χ0n) is 10.0. The minimum atomic E-state index is -0.548. The van der Waals surface area contributed by atoms with Gasteiger partial charge in [-0.3, -0.25) is 0 Å². The van der Waals surface area contributed by atoms with E-state index in [1.165, 1.54) is 23.0 Å². The topological polar surface area (TPSA) is 66.9 Å². The molecule has 1 aromatic carbocycles. The zero-order valence-corrected chi connectivity index (χ0v) is 10.0. The van der Waals surface area contributed by atoms with Gasteiger partial charge < -0.3 is 0 Å². The second-order valence-corrected chi connectivity index (χ2v) is 4.06. The molecule has 0 aliphatic heterocycles. The fourth-order valence-corrected chi connectivity index (χ4v) is 1.99. The summed E-state index contributed by atoms with van der Waals surface area (Å²) >= 11 is 0. The van der Waals surface area contributed by atoms with Crippen LogP contribution in [0.2, 0.25) is 0 Å². The molecule has 0 atom stereocenters. The highest BCUT2D eigenvalue weighted by Gasteiger charge is 2.12. The summed E-state index contributed by atoms with van der Waals surface area (Å²) in [6.07, 6.45) is 2.98. The Bertz CT molecular complexity index is 816. The van der Waals surface area contributed by atoms with Crippen LogP contribution in [0.5, 0.6) is 0 Å². The number of rotatable bonds is 1. The largest absolute Gasteiger partial charge is 0.252 e. The van der Waals surface area contributed by atoms with Crippen molar-refractivity contribution < 1.29 is 4.39 Å². The lowest BCUT2D eigenvalue weighted by molar-refractivity contribution is 0.624. The minimum absolute atomic E-state index is 0.0325. The summed E-state index contributed by atoms with van der Waals surface area (Å²) in [5.41, 5.74) is 2.17. The molecular formula is C13H8FN5. The molecule has 0 saturated carbocycles. The van der Waals surface area contributed by atoms with Crippen LogP contribution in [0.15, 0.2) is 30.7 Å². The summed E-state index contributed by atoms with van der Waals surface area (Å²) < 4.78 is 15.3. The molecule has 0 radical (unpaired) electrons. The van der Waals surface area contributed by atoms with Crippen molar-refractivity contribution in [3.63, 3.8) is 0 Å². The highest BCUT2D eigenvalue weighted by atomic mass is 19.1. The van der Waals surface area contributed by atoms with Gasteiger partial charge in [0, 0.05) is 11.8 Å². The molecule has 3 rings (SSSR count). The van der Waals surface area contributed by atoms with Gasteiger partial charge in [0.05, 0.1) is 11.3 Å². The van der Waals surface area contributed by atoms with E-state index in [2.05, 4.69) is 15.1 Å². The number of halogens is 1. The van der Waals surface area contributed by atoms with Crippen LogP contribution < -0.4 is 0 Å². The monoisotopic (exact) mass is 253 g/mol. The lowest BCUT2D eigenvalue weighted by atomic mass is 10.0. The highest BCUT2D eigenvalue weighted by molar-refractivity contribution is 5.66. The Kier molecular flexibility index (Phi) is 2.46. The van der Waals surface area contributed by atoms with Gasteiger partial charge in [0.2, 0.25) is 0 Å². The Hall–Kier alpha value is -2.81. The molecule has 0 bridgehead atoms. The van der Waals surface area contributed by atoms with Gasteiger partial charge in [-0.2, -0.15) is 19.9 Å². The molecule has 0 unspecified atom stereocenters. The number of fused-ring (bicyclic) bond motifs is 1. The Balaban J connectivity index is 2.31. The standard InChI is InChI=1S/C13H8FN5/c1-8-4-9(6-15)11(14)5-10(8)12-2-3-16-13-17-7-18-19(12)13/h2-5,7H,1H3. The smallest absolute Gasteiger partial charge is 0.220 e. The Morgan fingerprint density at radius 2 is 2.16 bits per heavy atom. The molecule has 0 N–H and O–H groups in total. The van der Waals surface area contributed by atoms with E-state index in [1.807, 2.05) is 13.0 Å². The third-order valence-electron chi connectivity index (χ3n) is 2.89. The molecule has 0 aliphatic carbocycles. The molecule has 2 heterocycles. The van der Waals surface area contributed by atoms with E-state index in [0.717, 1.165) is 5.56 Å². The number of hydrogen-bond acceptors (Lipinski definition) is 4. The third-order valence-corrected chi connectivity index (χ3v) is 2.89. The average molecular weight is 253 g/mol. The van der Waals surface area contributed by atoms with Gasteiger partial charge in [-0.05, 0) is 30.7 Å². The maximum atomic E-state index is 13.8. The van der Waals surface area contributed by atoms with Crippen molar-refractivity contribution in [2.45, 2.75) is 6.92 Å². The van der Waals surface area contributed by atoms with E-state index in [-0.39, 0.29) is 5.56 Å². The number of nitrogens with zero attached hydrogens (tertiary/aromatic N) is 5. The molecule has 0 amide bonds. The molecule has 0 saturated heterocycles. The first-order valence-corrected chi connectivity index (χ1v) is 5.56. The minimum Gasteiger partial charge on any atom is -0.220 e. The van der Waals surface area contributed by atoms with Gasteiger partial charge in [0.15, 0.2) is 0 Å². The van der Waals surface area contributed by atoms with E-state index >= 15 is 0 Å². The van der Waals surface area contributed by atoms with Crippen LogP contribution in [-0.4, -0.2) is 19.6 Å². The molecule has 0 spiro atoms. The van der Waals surface area contributed by atoms with Gasteiger partial charge in [-0.1, -0.05) is 0 Å². The highest BCUT2D eigenvalue weighted by Crippen LogP contribution is 2.25. The summed E-state index contributed by atoms with van der Waals surface area (Å²) in [7, 11) is 0. The molecule has 3 aromatic rings. The number of aromatic nitrogens is 4. The summed E-state index contributed by atoms with van der Waals surface area (Å²) in [6, 6.07) is 6.42. The maximum Gasteiger partial charge on any atom is 0.252 e. The van der Waals surface area contributed by atoms with E-state index in [1.54, 1.807) is 12.3 Å². The molecule has 0 fully saturated rings. The lowest BCUT2D eigenvalue weighted by Crippen LogP contribution is -1.99. The van der Waals surface area contributed by atoms with Crippen molar-refractivity contribution in [1.29, 1.82) is 5.26 Å². The molecular weight excluding hydrogens is 245 g/mol. The number of benzene rings is 1. The quantitative estimate of drug-likeness (QED) is 0.666. The molecule has 0 aliphatic rings. The van der Waals surface area contributed by atoms with Gasteiger partial charge >= 0.3 is 0 Å². The van der Waals surface area contributed by atoms with Gasteiger partial charge in [-0.15, -0.1) is 0 Å². The Morgan fingerprint density at radius 1 is 1.32 bits per heavy atom. The van der Waals surface area contributed by atoms with Gasteiger partial charge in [0.1, 0.15) is 18.2 Å². The first-order chi connectivity index (χ1) is 9.20. The first kappa shape index (κ1) is 11.3. The molecule has 2 aromatic heterocycles. The van der Waals surface area contributed by atoms with E-state index in [0.29, 0.717) is 17.0 Å². The Labute approximate surface area is 108 Å². The summed E-state index contributed by atoms with van der Waals surface area (Å²) in [6.45, 7) is 1.82. The fraction of sp³-hybridized carbons (Fsp3) is 0.0769. The van der Waals surface area contributed by atoms with Crippen molar-refractivity contribution in [2.24, 2.45) is 0 Å². The predicted octanol–water partition coefficient (Wildman–Crippen LogP) is 2.11. The maximum absolute atomic E-state index is 13.8. The molecule has 5 nitrogen and oxygen atoms in total. The van der Waals surface area contributed by atoms with Crippen LogP contribution in [0.25, 0.3) is 17.0 Å². The fourth-order valence-electron chi connectivity index (χ4n) is 1.99. The normalized spacial score (nSPS) is 10.6. The number of aryl methyl sites for hydroxylation is 1. The van der Waals surface area contributed by atoms with Gasteiger partial charge in [0.25, 0.3) is 5.78 Å². The van der Waals surface area contributed by atoms with Crippen LogP contribution in [0.4, 0.5) is 4.39 Å². The first-order valence-electron chi connectivity index (χ1n) is 5.56. The van der Waals surface area contributed by atoms with Crippen molar-refractivity contribution in [3.05, 3.63) is 47.7 Å². The van der Waals surface area contributed by atoms with E-state index in [4.69, 9.17) is 5.26 Å². The van der Waals surface area contributed by atoms with Crippen LogP contribution in [0, 0.1) is 24.1 Å². The van der Waals surface area contributed by atoms with Crippen molar-refractivity contribution in [2.75, 3.05) is 0 Å². The summed E-state index contributed by atoms with van der Waals surface area (Å²) in [5, 5.41) is 12.9. The van der Waals surface area contributed by atoms with E-state index in [9.17, 15) is 4.39 Å². The SMILES string of the molecule is Cc1cc(C#N)c(F)cc1-c1ccnc2ncnn12. The van der Waals surface area contributed by atoms with Crippen LogP contribution >= 0.6 is 0 Å². The van der Waals surface area contributed by atoms with Crippen LogP contribution in [0.3, 0.4) is 0 Å². The average Bonchev–Trinajstić information content (AvgIpc) is 2.89. The van der Waals surface area contributed by atoms with Crippen molar-refractivity contribution in [3.8, 4) is 17.3 Å². The molecule has 6 heteroatoms. The van der Waals surface area contributed by atoms with Crippen LogP contribution in [-0.2, 0) is 0 Å². The second kappa shape index (κ2) is 4.14. The number of hydrogen-bond donors (Lipinski definition) is 0. The van der Waals surface area contributed by atoms with Gasteiger partial charge in [-0.25, -0.2) is 9.37 Å². The zero-order chi connectivity index (χ0) is 13.4. The van der Waals surface area contributed by atoms with Crippen LogP contribution in [0.1, 0.15) is 11.1 Å². The Morgan fingerprint density at radius 3 is 2.95 bits per heavy atom. The summed E-state index contributed by atoms with van der Waals surface area (Å²) in [5.74, 6) is -0.102.